The fourth-order valence-electron chi connectivity index (χ4n) is 1.45. The number of aryl methyl sites for hydroxylation is 1. The fraction of sp³-hybridized carbons (Fsp3) is 0.333. The number of carboxylic acids is 1. The predicted molar refractivity (Wildman–Crippen MR) is 63.4 cm³/mol. The highest BCUT2D eigenvalue weighted by Gasteiger charge is 2.09. The fourth-order valence-corrected chi connectivity index (χ4v) is 1.45. The number of hydrogen-bond acceptors (Lipinski definition) is 3. The number of carboxylic acid groups (broad SMARTS) is 1. The van der Waals surface area contributed by atoms with Crippen molar-refractivity contribution in [3.8, 4) is 5.75 Å². The van der Waals surface area contributed by atoms with Gasteiger partial charge in [0, 0.05) is 18.3 Å². The molecule has 0 aliphatic carbocycles. The topological polar surface area (TPSA) is 66.8 Å². The lowest BCUT2D eigenvalue weighted by Crippen LogP contribution is -2.24. The van der Waals surface area contributed by atoms with Crippen LogP contribution >= 0.6 is 0 Å². The van der Waals surface area contributed by atoms with Gasteiger partial charge < -0.3 is 14.7 Å². The third kappa shape index (κ3) is 3.48. The highest BCUT2D eigenvalue weighted by molar-refractivity contribution is 5.77. The third-order valence-electron chi connectivity index (χ3n) is 2.42. The molecule has 1 amide bonds. The molecular formula is C12H15NO4. The molecule has 0 atom stereocenters. The van der Waals surface area contributed by atoms with Crippen LogP contribution in [0, 0.1) is 6.92 Å². The summed E-state index contributed by atoms with van der Waals surface area (Å²) >= 11 is 0. The highest BCUT2D eigenvalue weighted by Crippen LogP contribution is 2.24. The van der Waals surface area contributed by atoms with Gasteiger partial charge in [-0.15, -0.1) is 0 Å². The van der Waals surface area contributed by atoms with E-state index in [9.17, 15) is 9.59 Å². The van der Waals surface area contributed by atoms with E-state index < -0.39 is 5.97 Å². The maximum atomic E-state index is 10.9. The van der Waals surface area contributed by atoms with E-state index in [0.717, 1.165) is 5.56 Å². The molecule has 1 rings (SSSR count). The Morgan fingerprint density at radius 2 is 2.24 bits per heavy atom. The summed E-state index contributed by atoms with van der Waals surface area (Å²) in [6.45, 7) is 2.04. The van der Waals surface area contributed by atoms with E-state index in [4.69, 9.17) is 9.84 Å². The Balaban J connectivity index is 2.88. The zero-order valence-corrected chi connectivity index (χ0v) is 9.84. The molecule has 0 fully saturated rings. The molecule has 0 heterocycles. The number of nitrogens with zero attached hydrogens (tertiary/aromatic N) is 1. The van der Waals surface area contributed by atoms with Gasteiger partial charge >= 0.3 is 5.97 Å². The summed E-state index contributed by atoms with van der Waals surface area (Å²) in [7, 11) is 1.55. The maximum Gasteiger partial charge on any atom is 0.305 e. The smallest absolute Gasteiger partial charge is 0.305 e. The maximum absolute atomic E-state index is 10.9. The van der Waals surface area contributed by atoms with E-state index in [0.29, 0.717) is 17.8 Å². The minimum absolute atomic E-state index is 0.0884. The van der Waals surface area contributed by atoms with Crippen LogP contribution in [0.2, 0.25) is 0 Å². The van der Waals surface area contributed by atoms with Gasteiger partial charge in [0.1, 0.15) is 5.75 Å². The number of carbonyl (C=O) groups excluding carboxylic acids is 1. The zero-order chi connectivity index (χ0) is 12.8. The second kappa shape index (κ2) is 5.89. The largest absolute Gasteiger partial charge is 0.496 e. The summed E-state index contributed by atoms with van der Waals surface area (Å²) < 4.78 is 5.15. The second-order valence-electron chi connectivity index (χ2n) is 3.60. The summed E-state index contributed by atoms with van der Waals surface area (Å²) in [6, 6.07) is 5.30. The SMILES string of the molecule is COc1cc(N(C=O)CCC(=O)O)ccc1C. The van der Waals surface area contributed by atoms with Gasteiger partial charge in [-0.05, 0) is 18.6 Å². The summed E-state index contributed by atoms with van der Waals surface area (Å²) in [5.74, 6) is -0.263. The van der Waals surface area contributed by atoms with E-state index in [2.05, 4.69) is 0 Å². The average Bonchev–Trinajstić information content (AvgIpc) is 2.31. The predicted octanol–water partition coefficient (Wildman–Crippen LogP) is 1.44. The second-order valence-corrected chi connectivity index (χ2v) is 3.60. The third-order valence-corrected chi connectivity index (χ3v) is 2.42. The Morgan fingerprint density at radius 1 is 1.53 bits per heavy atom. The molecule has 5 nitrogen and oxygen atoms in total. The first-order valence-corrected chi connectivity index (χ1v) is 5.17. The number of hydrogen-bond donors (Lipinski definition) is 1. The van der Waals surface area contributed by atoms with Crippen LogP contribution in [-0.2, 0) is 9.59 Å². The molecule has 0 saturated carbocycles. The molecule has 1 N–H and O–H groups in total. The van der Waals surface area contributed by atoms with E-state index >= 15 is 0 Å². The number of rotatable bonds is 6. The van der Waals surface area contributed by atoms with Gasteiger partial charge in [0.05, 0.1) is 13.5 Å². The monoisotopic (exact) mass is 237 g/mol. The van der Waals surface area contributed by atoms with Crippen LogP contribution in [0.4, 0.5) is 5.69 Å². The Morgan fingerprint density at radius 3 is 2.76 bits per heavy atom. The molecule has 0 unspecified atom stereocenters. The summed E-state index contributed by atoms with van der Waals surface area (Å²) in [6.07, 6.45) is 0.530. The summed E-state index contributed by atoms with van der Waals surface area (Å²) in [5, 5.41) is 8.58. The van der Waals surface area contributed by atoms with Crippen molar-refractivity contribution >= 4 is 18.1 Å². The number of aliphatic carboxylic acids is 1. The minimum atomic E-state index is -0.934. The Bertz CT molecular complexity index is 417. The Hall–Kier alpha value is -2.04. The van der Waals surface area contributed by atoms with Crippen molar-refractivity contribution in [1.29, 1.82) is 0 Å². The van der Waals surface area contributed by atoms with E-state index in [1.54, 1.807) is 19.2 Å². The molecule has 1 aromatic carbocycles. The van der Waals surface area contributed by atoms with Gasteiger partial charge in [-0.3, -0.25) is 9.59 Å². The highest BCUT2D eigenvalue weighted by atomic mass is 16.5. The van der Waals surface area contributed by atoms with Gasteiger partial charge in [0.25, 0.3) is 0 Å². The molecule has 92 valence electrons. The van der Waals surface area contributed by atoms with Crippen LogP contribution in [-0.4, -0.2) is 31.1 Å². The van der Waals surface area contributed by atoms with Crippen molar-refractivity contribution in [3.05, 3.63) is 23.8 Å². The Kier molecular flexibility index (Phi) is 4.51. The lowest BCUT2D eigenvalue weighted by molar-refractivity contribution is -0.136. The lowest BCUT2D eigenvalue weighted by Gasteiger charge is -2.17. The molecule has 1 aromatic rings. The molecule has 0 saturated heterocycles. The molecule has 0 aliphatic rings. The van der Waals surface area contributed by atoms with E-state index in [-0.39, 0.29) is 13.0 Å². The zero-order valence-electron chi connectivity index (χ0n) is 9.84. The first-order chi connectivity index (χ1) is 8.08. The molecule has 0 bridgehead atoms. The Labute approximate surface area is 99.6 Å². The molecule has 0 spiro atoms. The van der Waals surface area contributed by atoms with Crippen molar-refractivity contribution in [2.45, 2.75) is 13.3 Å². The number of ether oxygens (including phenoxy) is 1. The summed E-state index contributed by atoms with van der Waals surface area (Å²) in [4.78, 5) is 22.7. The van der Waals surface area contributed by atoms with Crippen molar-refractivity contribution < 1.29 is 19.4 Å². The molecule has 0 aliphatic heterocycles. The number of methoxy groups -OCH3 is 1. The number of benzene rings is 1. The van der Waals surface area contributed by atoms with Crippen molar-refractivity contribution in [3.63, 3.8) is 0 Å². The van der Waals surface area contributed by atoms with Gasteiger partial charge in [-0.25, -0.2) is 0 Å². The van der Waals surface area contributed by atoms with Crippen molar-refractivity contribution in [2.75, 3.05) is 18.6 Å². The van der Waals surface area contributed by atoms with Crippen LogP contribution < -0.4 is 9.64 Å². The molecule has 0 aromatic heterocycles. The summed E-state index contributed by atoms with van der Waals surface area (Å²) in [5.41, 5.74) is 1.59. The first kappa shape index (κ1) is 13.0. The van der Waals surface area contributed by atoms with Crippen LogP contribution in [0.1, 0.15) is 12.0 Å². The first-order valence-electron chi connectivity index (χ1n) is 5.17. The van der Waals surface area contributed by atoms with Gasteiger partial charge in [-0.1, -0.05) is 6.07 Å². The van der Waals surface area contributed by atoms with Crippen molar-refractivity contribution in [1.82, 2.24) is 0 Å². The normalized spacial score (nSPS) is 9.76. The lowest BCUT2D eigenvalue weighted by atomic mass is 10.2. The van der Waals surface area contributed by atoms with E-state index in [1.165, 1.54) is 4.90 Å². The number of anilines is 1. The molecule has 0 radical (unpaired) electrons. The van der Waals surface area contributed by atoms with Crippen molar-refractivity contribution in [2.24, 2.45) is 0 Å². The number of amides is 1. The van der Waals surface area contributed by atoms with Crippen LogP contribution in [0.15, 0.2) is 18.2 Å². The minimum Gasteiger partial charge on any atom is -0.496 e. The number of carbonyl (C=O) groups is 2. The van der Waals surface area contributed by atoms with Gasteiger partial charge in [0.15, 0.2) is 0 Å². The van der Waals surface area contributed by atoms with Gasteiger partial charge in [-0.2, -0.15) is 0 Å². The average molecular weight is 237 g/mol. The standard InChI is InChI=1S/C12H15NO4/c1-9-3-4-10(7-11(9)17-2)13(8-14)6-5-12(15)16/h3-4,7-8H,5-6H2,1-2H3,(H,15,16). The molecule has 17 heavy (non-hydrogen) atoms. The molecule has 5 heteroatoms. The van der Waals surface area contributed by atoms with E-state index in [1.807, 2.05) is 13.0 Å². The van der Waals surface area contributed by atoms with Crippen LogP contribution in [0.25, 0.3) is 0 Å². The van der Waals surface area contributed by atoms with Crippen LogP contribution in [0.5, 0.6) is 5.75 Å². The quantitative estimate of drug-likeness (QED) is 0.760. The van der Waals surface area contributed by atoms with Gasteiger partial charge in [0.2, 0.25) is 6.41 Å². The van der Waals surface area contributed by atoms with Crippen LogP contribution in [0.3, 0.4) is 0 Å². The molecular weight excluding hydrogens is 222 g/mol.